The van der Waals surface area contributed by atoms with Gasteiger partial charge in [0.05, 0.1) is 5.69 Å². The second kappa shape index (κ2) is 6.87. The van der Waals surface area contributed by atoms with Crippen molar-refractivity contribution < 1.29 is 0 Å². The summed E-state index contributed by atoms with van der Waals surface area (Å²) in [5, 5.41) is 4.46. The molecule has 2 nitrogen and oxygen atoms in total. The van der Waals surface area contributed by atoms with E-state index in [2.05, 4.69) is 72.8 Å². The smallest absolute Gasteiger partial charge is 0.0707 e. The van der Waals surface area contributed by atoms with Crippen LogP contribution in [0.25, 0.3) is 5.57 Å². The summed E-state index contributed by atoms with van der Waals surface area (Å²) in [5.41, 5.74) is 5.78. The molecule has 0 radical (unpaired) electrons. The standard InChI is InChI=1S/C20H26N2/c1-3-5-10-17-12-9-13-19-20(17)18(11-6-4-2)16-21-14-7-8-15-22(19)21/h7-9,12-16H,3-6,10-11H2,1-2H3. The molecule has 1 aromatic rings. The first-order valence-electron chi connectivity index (χ1n) is 8.60. The number of unbranched alkanes of at least 4 members (excludes halogenated alkanes) is 2. The maximum Gasteiger partial charge on any atom is 0.0707 e. The van der Waals surface area contributed by atoms with Gasteiger partial charge < -0.3 is 0 Å². The summed E-state index contributed by atoms with van der Waals surface area (Å²) in [4.78, 5) is 0. The molecule has 3 rings (SSSR count). The van der Waals surface area contributed by atoms with Gasteiger partial charge in [0.25, 0.3) is 0 Å². The lowest BCUT2D eigenvalue weighted by molar-refractivity contribution is 0.499. The fourth-order valence-electron chi connectivity index (χ4n) is 3.23. The van der Waals surface area contributed by atoms with Gasteiger partial charge in [-0.05, 0) is 55.0 Å². The largest absolute Gasteiger partial charge is 0.264 e. The number of hydrazine groups is 1. The molecule has 0 aliphatic carbocycles. The first-order valence-corrected chi connectivity index (χ1v) is 8.60. The highest BCUT2D eigenvalue weighted by molar-refractivity contribution is 5.82. The number of benzene rings is 1. The van der Waals surface area contributed by atoms with Crippen LogP contribution in [0.1, 0.15) is 57.1 Å². The molecular formula is C20H26N2. The topological polar surface area (TPSA) is 6.48 Å². The van der Waals surface area contributed by atoms with Gasteiger partial charge in [0, 0.05) is 24.2 Å². The monoisotopic (exact) mass is 294 g/mol. The van der Waals surface area contributed by atoms with Crippen molar-refractivity contribution >= 4 is 11.3 Å². The Labute approximate surface area is 134 Å². The van der Waals surface area contributed by atoms with Crippen LogP contribution in [0.5, 0.6) is 0 Å². The van der Waals surface area contributed by atoms with Crippen LogP contribution in [-0.2, 0) is 6.42 Å². The molecule has 0 atom stereocenters. The highest BCUT2D eigenvalue weighted by Crippen LogP contribution is 2.39. The van der Waals surface area contributed by atoms with Gasteiger partial charge in [-0.15, -0.1) is 0 Å². The molecule has 0 bridgehead atoms. The van der Waals surface area contributed by atoms with Gasteiger partial charge in [0.15, 0.2) is 0 Å². The van der Waals surface area contributed by atoms with E-state index in [4.69, 9.17) is 0 Å². The highest BCUT2D eigenvalue weighted by Gasteiger charge is 2.24. The minimum Gasteiger partial charge on any atom is -0.264 e. The van der Waals surface area contributed by atoms with Gasteiger partial charge in [-0.25, -0.2) is 0 Å². The summed E-state index contributed by atoms with van der Waals surface area (Å²) in [7, 11) is 0. The van der Waals surface area contributed by atoms with Crippen LogP contribution in [0.2, 0.25) is 0 Å². The Kier molecular flexibility index (Phi) is 4.67. The van der Waals surface area contributed by atoms with Crippen LogP contribution in [0, 0.1) is 0 Å². The van der Waals surface area contributed by atoms with Gasteiger partial charge in [0.2, 0.25) is 0 Å². The van der Waals surface area contributed by atoms with Crippen LogP contribution >= 0.6 is 0 Å². The number of allylic oxidation sites excluding steroid dienone is 3. The molecule has 2 heteroatoms. The normalized spacial score (nSPS) is 15.6. The maximum atomic E-state index is 2.31. The van der Waals surface area contributed by atoms with Crippen molar-refractivity contribution in [3.8, 4) is 0 Å². The van der Waals surface area contributed by atoms with Crippen LogP contribution in [0.15, 0.2) is 49.0 Å². The molecule has 0 amide bonds. The first-order chi connectivity index (χ1) is 10.8. The molecule has 1 aromatic carbocycles. The Balaban J connectivity index is 2.03. The predicted octanol–water partition coefficient (Wildman–Crippen LogP) is 5.64. The Hall–Kier alpha value is -1.96. The first kappa shape index (κ1) is 15.0. The van der Waals surface area contributed by atoms with E-state index in [9.17, 15) is 0 Å². The minimum atomic E-state index is 1.16. The summed E-state index contributed by atoms with van der Waals surface area (Å²) in [6, 6.07) is 6.77. The number of hydrogen-bond donors (Lipinski definition) is 0. The third-order valence-corrected chi connectivity index (χ3v) is 4.41. The molecule has 0 N–H and O–H groups in total. The van der Waals surface area contributed by atoms with Crippen molar-refractivity contribution in [3.05, 3.63) is 60.1 Å². The Morgan fingerprint density at radius 3 is 2.50 bits per heavy atom. The number of hydrogen-bond acceptors (Lipinski definition) is 2. The zero-order valence-electron chi connectivity index (χ0n) is 13.8. The molecular weight excluding hydrogens is 268 g/mol. The Morgan fingerprint density at radius 1 is 0.909 bits per heavy atom. The van der Waals surface area contributed by atoms with E-state index in [1.165, 1.54) is 54.5 Å². The van der Waals surface area contributed by atoms with E-state index >= 15 is 0 Å². The third kappa shape index (κ3) is 2.83. The van der Waals surface area contributed by atoms with E-state index in [-0.39, 0.29) is 0 Å². The second-order valence-corrected chi connectivity index (χ2v) is 6.08. The third-order valence-electron chi connectivity index (χ3n) is 4.41. The molecule has 0 aromatic heterocycles. The summed E-state index contributed by atoms with van der Waals surface area (Å²) < 4.78 is 0. The van der Waals surface area contributed by atoms with Gasteiger partial charge >= 0.3 is 0 Å². The summed E-state index contributed by atoms with van der Waals surface area (Å²) in [5.74, 6) is 0. The SMILES string of the molecule is CCCCC1=CN2C=CC=CN2c2cccc(CCCC)c21. The zero-order chi connectivity index (χ0) is 15.4. The summed E-state index contributed by atoms with van der Waals surface area (Å²) in [6.45, 7) is 4.53. The van der Waals surface area contributed by atoms with Crippen molar-refractivity contribution in [3.63, 3.8) is 0 Å². The molecule has 0 saturated carbocycles. The average Bonchev–Trinajstić information content (AvgIpc) is 2.57. The number of fused-ring (bicyclic) bond motifs is 3. The molecule has 22 heavy (non-hydrogen) atoms. The van der Waals surface area contributed by atoms with E-state index in [0.717, 1.165) is 6.42 Å². The fraction of sp³-hybridized carbons (Fsp3) is 0.400. The average molecular weight is 294 g/mol. The summed E-state index contributed by atoms with van der Waals surface area (Å²) in [6.07, 6.45) is 18.1. The summed E-state index contributed by atoms with van der Waals surface area (Å²) >= 11 is 0. The van der Waals surface area contributed by atoms with Gasteiger partial charge in [-0.2, -0.15) is 0 Å². The molecule has 0 spiro atoms. The minimum absolute atomic E-state index is 1.16. The van der Waals surface area contributed by atoms with Crippen molar-refractivity contribution in [2.45, 2.75) is 52.4 Å². The van der Waals surface area contributed by atoms with Crippen molar-refractivity contribution in [1.29, 1.82) is 0 Å². The lowest BCUT2D eigenvalue weighted by atomic mass is 9.90. The van der Waals surface area contributed by atoms with Gasteiger partial charge in [0.1, 0.15) is 0 Å². The second-order valence-electron chi connectivity index (χ2n) is 6.08. The highest BCUT2D eigenvalue weighted by atomic mass is 15.6. The van der Waals surface area contributed by atoms with Crippen molar-refractivity contribution in [2.75, 3.05) is 5.01 Å². The van der Waals surface area contributed by atoms with Crippen LogP contribution in [0.3, 0.4) is 0 Å². The zero-order valence-corrected chi connectivity index (χ0v) is 13.8. The van der Waals surface area contributed by atoms with E-state index in [0.29, 0.717) is 0 Å². The molecule has 2 aliphatic heterocycles. The molecule has 0 saturated heterocycles. The number of rotatable bonds is 6. The number of aryl methyl sites for hydroxylation is 1. The van der Waals surface area contributed by atoms with Gasteiger partial charge in [-0.3, -0.25) is 10.0 Å². The number of anilines is 1. The fourth-order valence-corrected chi connectivity index (χ4v) is 3.23. The molecule has 2 heterocycles. The van der Waals surface area contributed by atoms with E-state index < -0.39 is 0 Å². The Morgan fingerprint density at radius 2 is 1.68 bits per heavy atom. The van der Waals surface area contributed by atoms with Crippen LogP contribution in [-0.4, -0.2) is 5.01 Å². The molecule has 0 fully saturated rings. The van der Waals surface area contributed by atoms with Crippen LogP contribution in [0.4, 0.5) is 5.69 Å². The van der Waals surface area contributed by atoms with E-state index in [1.54, 1.807) is 0 Å². The molecule has 0 unspecified atom stereocenters. The quantitative estimate of drug-likeness (QED) is 0.670. The lowest BCUT2D eigenvalue weighted by Crippen LogP contribution is -2.35. The Bertz CT molecular complexity index is 610. The predicted molar refractivity (Wildman–Crippen MR) is 95.2 cm³/mol. The lowest BCUT2D eigenvalue weighted by Gasteiger charge is -2.39. The van der Waals surface area contributed by atoms with Gasteiger partial charge in [-0.1, -0.05) is 38.8 Å². The number of nitrogens with zero attached hydrogens (tertiary/aromatic N) is 2. The molecule has 116 valence electrons. The molecule has 2 aliphatic rings. The van der Waals surface area contributed by atoms with Crippen molar-refractivity contribution in [1.82, 2.24) is 5.01 Å². The maximum absolute atomic E-state index is 2.31. The van der Waals surface area contributed by atoms with E-state index in [1.807, 2.05) is 0 Å². The van der Waals surface area contributed by atoms with Crippen LogP contribution < -0.4 is 5.01 Å². The van der Waals surface area contributed by atoms with Crippen molar-refractivity contribution in [2.24, 2.45) is 0 Å².